The number of rotatable bonds is 12. The second-order valence-electron chi connectivity index (χ2n) is 6.37. The van der Waals surface area contributed by atoms with E-state index < -0.39 is 12.1 Å². The smallest absolute Gasteiger partial charge is 0.303 e. The fourth-order valence-electron chi connectivity index (χ4n) is 2.70. The van der Waals surface area contributed by atoms with E-state index >= 15 is 0 Å². The monoisotopic (exact) mass is 358 g/mol. The minimum atomic E-state index is -0.792. The summed E-state index contributed by atoms with van der Waals surface area (Å²) in [5.41, 5.74) is 0. The fraction of sp³-hybridized carbons (Fsp3) is 0.455. The second-order valence-corrected chi connectivity index (χ2v) is 6.37. The van der Waals surface area contributed by atoms with Gasteiger partial charge < -0.3 is 10.2 Å². The van der Waals surface area contributed by atoms with E-state index in [1.807, 2.05) is 36.5 Å². The van der Waals surface area contributed by atoms with Gasteiger partial charge in [0, 0.05) is 12.3 Å². The van der Waals surface area contributed by atoms with E-state index in [2.05, 4.69) is 19.1 Å². The molecule has 2 N–H and O–H groups in total. The Kier molecular flexibility index (Phi) is 11.0. The quantitative estimate of drug-likeness (QED) is 0.507. The van der Waals surface area contributed by atoms with Crippen molar-refractivity contribution in [3.05, 3.63) is 60.8 Å². The lowest BCUT2D eigenvalue weighted by Gasteiger charge is -2.13. The molecule has 0 radical (unpaired) electrons. The van der Waals surface area contributed by atoms with Crippen LogP contribution in [0.1, 0.15) is 45.4 Å². The summed E-state index contributed by atoms with van der Waals surface area (Å²) in [6, 6.07) is 0. The number of carbonyl (C=O) groups excluding carboxylic acids is 1. The third kappa shape index (κ3) is 9.33. The van der Waals surface area contributed by atoms with Crippen LogP contribution >= 0.6 is 0 Å². The van der Waals surface area contributed by atoms with E-state index in [1.165, 1.54) is 0 Å². The summed E-state index contributed by atoms with van der Waals surface area (Å²) in [5.74, 6) is -0.683. The number of carboxylic acid groups (broad SMARTS) is 1. The maximum atomic E-state index is 12.0. The molecule has 0 saturated heterocycles. The molecule has 4 heteroatoms. The fourth-order valence-corrected chi connectivity index (χ4v) is 2.70. The van der Waals surface area contributed by atoms with Gasteiger partial charge in [0.25, 0.3) is 0 Å². The van der Waals surface area contributed by atoms with E-state index in [1.54, 1.807) is 12.2 Å². The lowest BCUT2D eigenvalue weighted by atomic mass is 9.91. The highest BCUT2D eigenvalue weighted by atomic mass is 16.4. The van der Waals surface area contributed by atoms with Gasteiger partial charge in [0.1, 0.15) is 0 Å². The van der Waals surface area contributed by atoms with Crippen LogP contribution in [0.25, 0.3) is 0 Å². The van der Waals surface area contributed by atoms with Gasteiger partial charge in [-0.05, 0) is 44.1 Å². The van der Waals surface area contributed by atoms with E-state index in [4.69, 9.17) is 5.11 Å². The molecule has 3 atom stereocenters. The molecule has 0 unspecified atom stereocenters. The molecule has 0 spiro atoms. The van der Waals surface area contributed by atoms with Crippen LogP contribution in [0.15, 0.2) is 60.8 Å². The third-order valence-electron chi connectivity index (χ3n) is 4.16. The first kappa shape index (κ1) is 21.8. The molecule has 142 valence electrons. The van der Waals surface area contributed by atoms with Crippen molar-refractivity contribution in [2.75, 3.05) is 0 Å². The van der Waals surface area contributed by atoms with Crippen LogP contribution in [-0.2, 0) is 9.59 Å². The lowest BCUT2D eigenvalue weighted by molar-refractivity contribution is -0.136. The number of aliphatic carboxylic acids is 1. The van der Waals surface area contributed by atoms with Crippen LogP contribution in [0.3, 0.4) is 0 Å². The zero-order valence-electron chi connectivity index (χ0n) is 15.5. The first-order valence-electron chi connectivity index (χ1n) is 9.29. The number of aliphatic hydroxyl groups excluding tert-OH is 1. The van der Waals surface area contributed by atoms with Gasteiger partial charge in [0.15, 0.2) is 5.78 Å². The Bertz CT molecular complexity index is 581. The lowest BCUT2D eigenvalue weighted by Crippen LogP contribution is -2.14. The molecule has 1 rings (SSSR count). The predicted molar refractivity (Wildman–Crippen MR) is 105 cm³/mol. The summed E-state index contributed by atoms with van der Waals surface area (Å²) in [4.78, 5) is 22.3. The Balaban J connectivity index is 2.33. The van der Waals surface area contributed by atoms with Gasteiger partial charge >= 0.3 is 5.97 Å². The molecule has 0 aromatic carbocycles. The van der Waals surface area contributed by atoms with Crippen LogP contribution in [0.2, 0.25) is 0 Å². The van der Waals surface area contributed by atoms with E-state index in [-0.39, 0.29) is 24.0 Å². The van der Waals surface area contributed by atoms with Crippen LogP contribution in [-0.4, -0.2) is 28.1 Å². The van der Waals surface area contributed by atoms with E-state index in [0.29, 0.717) is 19.3 Å². The van der Waals surface area contributed by atoms with Crippen LogP contribution in [0.5, 0.6) is 0 Å². The number of allylic oxidation sites excluding steroid dienone is 8. The number of hydrogen-bond acceptors (Lipinski definition) is 3. The normalized spacial score (nSPS) is 21.8. The first-order chi connectivity index (χ1) is 12.5. The zero-order chi connectivity index (χ0) is 19.2. The molecular weight excluding hydrogens is 328 g/mol. The highest BCUT2D eigenvalue weighted by Crippen LogP contribution is 2.27. The molecule has 1 aliphatic carbocycles. The number of aliphatic hydroxyl groups is 1. The van der Waals surface area contributed by atoms with Gasteiger partial charge in [-0.25, -0.2) is 0 Å². The van der Waals surface area contributed by atoms with Gasteiger partial charge in [-0.15, -0.1) is 0 Å². The average Bonchev–Trinajstić information content (AvgIpc) is 2.95. The van der Waals surface area contributed by atoms with Gasteiger partial charge in [0.2, 0.25) is 0 Å². The van der Waals surface area contributed by atoms with E-state index in [0.717, 1.165) is 12.8 Å². The maximum absolute atomic E-state index is 12.0. The Hall–Kier alpha value is -2.20. The molecule has 0 fully saturated rings. The molecule has 0 saturated carbocycles. The van der Waals surface area contributed by atoms with Crippen molar-refractivity contribution in [1.82, 2.24) is 0 Å². The molecule has 26 heavy (non-hydrogen) atoms. The predicted octanol–water partition coefficient (Wildman–Crippen LogP) is 4.39. The topological polar surface area (TPSA) is 74.6 Å². The van der Waals surface area contributed by atoms with Crippen molar-refractivity contribution in [2.24, 2.45) is 11.8 Å². The highest BCUT2D eigenvalue weighted by Gasteiger charge is 2.26. The highest BCUT2D eigenvalue weighted by molar-refractivity contribution is 5.95. The Morgan fingerprint density at radius 3 is 2.69 bits per heavy atom. The van der Waals surface area contributed by atoms with Gasteiger partial charge in [-0.3, -0.25) is 9.59 Å². The standard InChI is InChI=1S/C22H30O4/c1-2-3-8-11-18-14-17-21(24)20(18)16-15-19(23)12-9-6-4-5-7-10-13-22(25)26/h3,5-9,14-20,23H,2,4,10-13H2,1H3,(H,25,26)/b7-5-,8-3-,9-6-,16-15+/t18-,19+,20-/m1/s1. The molecule has 0 aromatic heterocycles. The number of carbonyl (C=O) groups is 2. The minimum Gasteiger partial charge on any atom is -0.481 e. The van der Waals surface area contributed by atoms with Crippen molar-refractivity contribution in [1.29, 1.82) is 0 Å². The second kappa shape index (κ2) is 13.1. The summed E-state index contributed by atoms with van der Waals surface area (Å²) in [6.07, 6.45) is 22.1. The molecule has 0 aliphatic heterocycles. The molecular formula is C22H30O4. The molecule has 0 heterocycles. The average molecular weight is 358 g/mol. The Labute approximate surface area is 156 Å². The maximum Gasteiger partial charge on any atom is 0.303 e. The van der Waals surface area contributed by atoms with Crippen molar-refractivity contribution in [2.45, 2.75) is 51.6 Å². The molecule has 0 amide bonds. The number of ketones is 1. The van der Waals surface area contributed by atoms with Gasteiger partial charge in [0.05, 0.1) is 6.10 Å². The van der Waals surface area contributed by atoms with Crippen molar-refractivity contribution >= 4 is 11.8 Å². The summed E-state index contributed by atoms with van der Waals surface area (Å²) in [6.45, 7) is 2.08. The minimum absolute atomic E-state index is 0.102. The largest absolute Gasteiger partial charge is 0.481 e. The molecule has 0 aromatic rings. The summed E-state index contributed by atoms with van der Waals surface area (Å²) in [5, 5.41) is 18.6. The van der Waals surface area contributed by atoms with Crippen LogP contribution in [0, 0.1) is 11.8 Å². The van der Waals surface area contributed by atoms with Crippen LogP contribution < -0.4 is 0 Å². The summed E-state index contributed by atoms with van der Waals surface area (Å²) in [7, 11) is 0. The SMILES string of the molecule is CC/C=C\C[C@@H]1C=CC(=O)[C@@H]1/C=C/[C@@H](O)C/C=C\C/C=C\CCC(=O)O. The summed E-state index contributed by atoms with van der Waals surface area (Å²) >= 11 is 0. The third-order valence-corrected chi connectivity index (χ3v) is 4.16. The van der Waals surface area contributed by atoms with Crippen molar-refractivity contribution < 1.29 is 19.8 Å². The van der Waals surface area contributed by atoms with Gasteiger partial charge in [-0.1, -0.05) is 61.6 Å². The molecule has 4 nitrogen and oxygen atoms in total. The van der Waals surface area contributed by atoms with Crippen molar-refractivity contribution in [3.8, 4) is 0 Å². The Morgan fingerprint density at radius 2 is 1.96 bits per heavy atom. The van der Waals surface area contributed by atoms with E-state index in [9.17, 15) is 14.7 Å². The molecule has 0 bridgehead atoms. The number of hydrogen-bond donors (Lipinski definition) is 2. The van der Waals surface area contributed by atoms with Crippen LogP contribution in [0.4, 0.5) is 0 Å². The molecule has 1 aliphatic rings. The summed E-state index contributed by atoms with van der Waals surface area (Å²) < 4.78 is 0. The van der Waals surface area contributed by atoms with Gasteiger partial charge in [-0.2, -0.15) is 0 Å². The first-order valence-corrected chi connectivity index (χ1v) is 9.29. The number of carboxylic acids is 1. The van der Waals surface area contributed by atoms with Crippen molar-refractivity contribution in [3.63, 3.8) is 0 Å². The zero-order valence-corrected chi connectivity index (χ0v) is 15.5. The Morgan fingerprint density at radius 1 is 1.19 bits per heavy atom.